The average Bonchev–Trinajstić information content (AvgIpc) is 3.65. The summed E-state index contributed by atoms with van der Waals surface area (Å²) in [7, 11) is 0. The summed E-state index contributed by atoms with van der Waals surface area (Å²) in [6.45, 7) is -0.0607. The lowest BCUT2D eigenvalue weighted by Gasteiger charge is -2.17. The number of imidazole rings is 1. The van der Waals surface area contributed by atoms with Crippen molar-refractivity contribution >= 4 is 22.8 Å². The molecule has 0 unspecified atom stereocenters. The number of H-pyrrole nitrogens is 1. The van der Waals surface area contributed by atoms with Gasteiger partial charge in [0.2, 0.25) is 0 Å². The van der Waals surface area contributed by atoms with E-state index in [0.717, 1.165) is 22.4 Å². The van der Waals surface area contributed by atoms with Gasteiger partial charge in [-0.3, -0.25) is 0 Å². The third-order valence-corrected chi connectivity index (χ3v) is 6.92. The van der Waals surface area contributed by atoms with Gasteiger partial charge < -0.3 is 19.9 Å². The van der Waals surface area contributed by atoms with Crippen molar-refractivity contribution in [2.75, 3.05) is 6.61 Å². The first kappa shape index (κ1) is 22.7. The summed E-state index contributed by atoms with van der Waals surface area (Å²) in [6, 6.07) is 18.1. The molecule has 3 atom stereocenters. The van der Waals surface area contributed by atoms with Crippen molar-refractivity contribution in [1.82, 2.24) is 29.7 Å². The summed E-state index contributed by atoms with van der Waals surface area (Å²) in [5.74, 6) is -0.173. The maximum Gasteiger partial charge on any atom is 0.296 e. The lowest BCUT2D eigenvalue weighted by molar-refractivity contribution is 0.0155. The molecule has 6 rings (SSSR count). The number of aliphatic hydroxyl groups is 2. The molecule has 3 aromatic heterocycles. The summed E-state index contributed by atoms with van der Waals surface area (Å²) < 4.78 is 7.58. The fraction of sp³-hybridized carbons (Fsp3) is 0.231. The van der Waals surface area contributed by atoms with Crippen LogP contribution in [0.5, 0.6) is 6.01 Å². The Morgan fingerprint density at radius 3 is 2.39 bits per heavy atom. The van der Waals surface area contributed by atoms with E-state index in [1.807, 2.05) is 48.5 Å². The highest BCUT2D eigenvalue weighted by Gasteiger charge is 2.36. The molecule has 1 aliphatic carbocycles. The number of nitrogens with one attached hydrogen (secondary N) is 1. The lowest BCUT2D eigenvalue weighted by atomic mass is 10.0. The molecule has 9 nitrogen and oxygen atoms in total. The molecule has 36 heavy (non-hydrogen) atoms. The Labute approximate surface area is 211 Å². The highest BCUT2D eigenvalue weighted by Crippen LogP contribution is 2.33. The number of nitrogens with zero attached hydrogens (tertiary/aromatic N) is 5. The zero-order valence-electron chi connectivity index (χ0n) is 19.1. The van der Waals surface area contributed by atoms with Gasteiger partial charge in [0, 0.05) is 18.1 Å². The molecule has 2 aromatic carbocycles. The van der Waals surface area contributed by atoms with Crippen molar-refractivity contribution in [3.63, 3.8) is 0 Å². The molecule has 0 aliphatic heterocycles. The minimum absolute atomic E-state index is 0.0607. The number of benzene rings is 2. The van der Waals surface area contributed by atoms with Crippen molar-refractivity contribution in [3.05, 3.63) is 72.3 Å². The van der Waals surface area contributed by atoms with Crippen LogP contribution in [0.2, 0.25) is 5.02 Å². The number of hydrogen-bond acceptors (Lipinski definition) is 7. The number of aromatic amines is 1. The molecule has 0 spiro atoms. The summed E-state index contributed by atoms with van der Waals surface area (Å²) in [6.07, 6.45) is 3.38. The first-order valence-electron chi connectivity index (χ1n) is 11.7. The van der Waals surface area contributed by atoms with Gasteiger partial charge in [0.25, 0.3) is 6.01 Å². The van der Waals surface area contributed by atoms with E-state index >= 15 is 0 Å². The Kier molecular flexibility index (Phi) is 5.88. The highest BCUT2D eigenvalue weighted by molar-refractivity contribution is 6.33. The molecule has 3 N–H and O–H groups in total. The van der Waals surface area contributed by atoms with Crippen molar-refractivity contribution in [3.8, 4) is 34.1 Å². The number of pyridine rings is 1. The molecule has 0 saturated heterocycles. The minimum atomic E-state index is -0.729. The van der Waals surface area contributed by atoms with Crippen LogP contribution in [0.15, 0.2) is 67.3 Å². The SMILES string of the molecule is OC[C@H]1CC[C@@H](Oc2nc3nc(-c4ccc(-c5ccc(-n6cncn6)cc5)cc4)c(Cl)cc3[nH]2)[C@@H]1O. The number of ether oxygens (including phenoxy) is 1. The predicted molar refractivity (Wildman–Crippen MR) is 135 cm³/mol. The van der Waals surface area contributed by atoms with E-state index in [4.69, 9.17) is 16.3 Å². The topological polar surface area (TPSA) is 122 Å². The standard InChI is InChI=1S/C26H23ClN6O3/c27-20-11-21-25(32-26(30-21)36-22-10-7-18(12-34)24(22)35)31-23(20)17-3-1-15(2-4-17)16-5-8-19(9-6-16)33-14-28-13-29-33/h1-6,8-9,11,13-14,18,22,24,34-35H,7,10,12H2,(H,30,31,32)/t18-,22-,24-/m1/s1. The van der Waals surface area contributed by atoms with Crippen LogP contribution < -0.4 is 4.74 Å². The van der Waals surface area contributed by atoms with Gasteiger partial charge in [-0.25, -0.2) is 14.6 Å². The summed E-state index contributed by atoms with van der Waals surface area (Å²) >= 11 is 6.57. The van der Waals surface area contributed by atoms with Crippen molar-refractivity contribution < 1.29 is 14.9 Å². The molecule has 0 bridgehead atoms. The molecule has 0 radical (unpaired) electrons. The maximum absolute atomic E-state index is 10.3. The largest absolute Gasteiger partial charge is 0.459 e. The predicted octanol–water partition coefficient (Wildman–Crippen LogP) is 4.04. The quantitative estimate of drug-likeness (QED) is 0.320. The molecule has 5 aromatic rings. The van der Waals surface area contributed by atoms with Crippen LogP contribution in [0.4, 0.5) is 0 Å². The Morgan fingerprint density at radius 1 is 1.00 bits per heavy atom. The number of aromatic nitrogens is 6. The van der Waals surface area contributed by atoms with Crippen molar-refractivity contribution in [2.45, 2.75) is 25.0 Å². The molecule has 1 aliphatic rings. The zero-order chi connectivity index (χ0) is 24.6. The first-order chi connectivity index (χ1) is 17.6. The first-order valence-corrected chi connectivity index (χ1v) is 12.0. The fourth-order valence-corrected chi connectivity index (χ4v) is 4.88. The number of aliphatic hydroxyl groups excluding tert-OH is 2. The number of rotatable bonds is 6. The second kappa shape index (κ2) is 9.34. The molecule has 182 valence electrons. The highest BCUT2D eigenvalue weighted by atomic mass is 35.5. The maximum atomic E-state index is 10.3. The van der Waals surface area contributed by atoms with E-state index in [-0.39, 0.29) is 18.5 Å². The van der Waals surface area contributed by atoms with Gasteiger partial charge in [0.1, 0.15) is 18.8 Å². The van der Waals surface area contributed by atoms with Crippen LogP contribution in [0.25, 0.3) is 39.2 Å². The Bertz CT molecular complexity index is 1490. The molecular formula is C26H23ClN6O3. The van der Waals surface area contributed by atoms with E-state index in [9.17, 15) is 10.2 Å². The van der Waals surface area contributed by atoms with E-state index < -0.39 is 12.2 Å². The Morgan fingerprint density at radius 2 is 1.72 bits per heavy atom. The van der Waals surface area contributed by atoms with Gasteiger partial charge >= 0.3 is 0 Å². The van der Waals surface area contributed by atoms with Crippen LogP contribution in [-0.4, -0.2) is 58.7 Å². The van der Waals surface area contributed by atoms with Gasteiger partial charge in [0.05, 0.1) is 28.0 Å². The van der Waals surface area contributed by atoms with E-state index in [0.29, 0.717) is 34.7 Å². The molecule has 10 heteroatoms. The van der Waals surface area contributed by atoms with Crippen LogP contribution in [0, 0.1) is 5.92 Å². The smallest absolute Gasteiger partial charge is 0.296 e. The van der Waals surface area contributed by atoms with Gasteiger partial charge in [-0.15, -0.1) is 0 Å². The Hall–Kier alpha value is -3.79. The third-order valence-electron chi connectivity index (χ3n) is 6.63. The second-order valence-corrected chi connectivity index (χ2v) is 9.27. The zero-order valence-corrected chi connectivity index (χ0v) is 19.9. The van der Waals surface area contributed by atoms with Gasteiger partial charge in [0.15, 0.2) is 5.65 Å². The fourth-order valence-electron chi connectivity index (χ4n) is 4.62. The van der Waals surface area contributed by atoms with Gasteiger partial charge in [-0.1, -0.05) is 48.0 Å². The normalized spacial score (nSPS) is 19.7. The van der Waals surface area contributed by atoms with E-state index in [1.54, 1.807) is 17.1 Å². The minimum Gasteiger partial charge on any atom is -0.459 e. The van der Waals surface area contributed by atoms with Crippen LogP contribution >= 0.6 is 11.6 Å². The van der Waals surface area contributed by atoms with Crippen LogP contribution in [-0.2, 0) is 0 Å². The van der Waals surface area contributed by atoms with Crippen molar-refractivity contribution in [1.29, 1.82) is 0 Å². The van der Waals surface area contributed by atoms with Gasteiger partial charge in [-0.05, 0) is 42.2 Å². The average molecular weight is 503 g/mol. The molecule has 1 fully saturated rings. The summed E-state index contributed by atoms with van der Waals surface area (Å²) in [5.41, 5.74) is 5.69. The van der Waals surface area contributed by atoms with Crippen LogP contribution in [0.3, 0.4) is 0 Å². The van der Waals surface area contributed by atoms with Crippen LogP contribution in [0.1, 0.15) is 12.8 Å². The lowest BCUT2D eigenvalue weighted by Crippen LogP contribution is -2.31. The third kappa shape index (κ3) is 4.21. The van der Waals surface area contributed by atoms with E-state index in [1.165, 1.54) is 6.33 Å². The number of fused-ring (bicyclic) bond motifs is 1. The number of hydrogen-bond donors (Lipinski definition) is 3. The molecule has 1 saturated carbocycles. The molecular weight excluding hydrogens is 480 g/mol. The molecule has 0 amide bonds. The monoisotopic (exact) mass is 502 g/mol. The molecule has 3 heterocycles. The second-order valence-electron chi connectivity index (χ2n) is 8.86. The number of halogens is 1. The van der Waals surface area contributed by atoms with Crippen molar-refractivity contribution in [2.24, 2.45) is 5.92 Å². The van der Waals surface area contributed by atoms with Gasteiger partial charge in [-0.2, -0.15) is 10.1 Å². The summed E-state index contributed by atoms with van der Waals surface area (Å²) in [5, 5.41) is 24.3. The summed E-state index contributed by atoms with van der Waals surface area (Å²) in [4.78, 5) is 16.2. The Balaban J connectivity index is 1.22. The van der Waals surface area contributed by atoms with E-state index in [2.05, 4.69) is 25.0 Å².